The lowest BCUT2D eigenvalue weighted by Crippen LogP contribution is -2.09. The molecule has 5 heteroatoms. The van der Waals surface area contributed by atoms with Crippen LogP contribution in [-0.2, 0) is 0 Å². The van der Waals surface area contributed by atoms with E-state index in [4.69, 9.17) is 10.5 Å². The Morgan fingerprint density at radius 2 is 2.25 bits per heavy atom. The number of methoxy groups -OCH3 is 1. The van der Waals surface area contributed by atoms with Crippen LogP contribution in [0.15, 0.2) is 23.1 Å². The lowest BCUT2D eigenvalue weighted by molar-refractivity contribution is 0.100. The van der Waals surface area contributed by atoms with E-state index >= 15 is 0 Å². The first kappa shape index (κ1) is 11.3. The number of amides is 1. The fraction of sp³-hybridized carbons (Fsp3) is 0.182. The highest BCUT2D eigenvalue weighted by molar-refractivity contribution is 7.99. The molecule has 0 aliphatic carbocycles. The number of rotatable bonds is 3. The van der Waals surface area contributed by atoms with Gasteiger partial charge in [-0.1, -0.05) is 0 Å². The Balaban J connectivity index is 2.73. The van der Waals surface area contributed by atoms with E-state index in [-0.39, 0.29) is 5.91 Å². The lowest BCUT2D eigenvalue weighted by Gasteiger charge is -2.00. The molecule has 0 saturated heterocycles. The van der Waals surface area contributed by atoms with Gasteiger partial charge in [0.15, 0.2) is 0 Å². The molecule has 0 aliphatic heterocycles. The van der Waals surface area contributed by atoms with Gasteiger partial charge in [0, 0.05) is 15.0 Å². The van der Waals surface area contributed by atoms with Gasteiger partial charge in [-0.2, -0.15) is 0 Å². The summed E-state index contributed by atoms with van der Waals surface area (Å²) in [5.74, 6) is 0.418. The number of thioether (sulfide) groups is 1. The molecule has 16 heavy (non-hydrogen) atoms. The van der Waals surface area contributed by atoms with Crippen molar-refractivity contribution in [3.63, 3.8) is 0 Å². The maximum absolute atomic E-state index is 11.3. The number of primary amides is 1. The van der Waals surface area contributed by atoms with Crippen LogP contribution in [0.4, 0.5) is 0 Å². The zero-order valence-electron chi connectivity index (χ0n) is 8.94. The Morgan fingerprint density at radius 1 is 1.50 bits per heavy atom. The van der Waals surface area contributed by atoms with E-state index in [0.717, 1.165) is 20.7 Å². The molecule has 1 aromatic heterocycles. The fourth-order valence-electron chi connectivity index (χ4n) is 1.55. The molecule has 84 valence electrons. The van der Waals surface area contributed by atoms with Crippen molar-refractivity contribution in [3.05, 3.63) is 23.1 Å². The average molecular weight is 253 g/mol. The molecule has 1 heterocycles. The summed E-state index contributed by atoms with van der Waals surface area (Å²) in [4.78, 5) is 12.9. The molecule has 2 N–H and O–H groups in total. The van der Waals surface area contributed by atoms with E-state index in [1.54, 1.807) is 7.11 Å². The quantitative estimate of drug-likeness (QED) is 0.856. The number of carbonyl (C=O) groups excluding carboxylic acids is 1. The molecule has 2 rings (SSSR count). The summed E-state index contributed by atoms with van der Waals surface area (Å²) in [6, 6.07) is 5.77. The van der Waals surface area contributed by atoms with Gasteiger partial charge in [0.25, 0.3) is 5.91 Å². The average Bonchev–Trinajstić information content (AvgIpc) is 2.66. The second kappa shape index (κ2) is 4.35. The van der Waals surface area contributed by atoms with Crippen molar-refractivity contribution in [2.24, 2.45) is 5.73 Å². The van der Waals surface area contributed by atoms with Crippen molar-refractivity contribution in [1.82, 2.24) is 0 Å². The molecule has 0 saturated carbocycles. The van der Waals surface area contributed by atoms with Crippen LogP contribution in [0.3, 0.4) is 0 Å². The summed E-state index contributed by atoms with van der Waals surface area (Å²) in [6.45, 7) is 0. The van der Waals surface area contributed by atoms with Crippen molar-refractivity contribution in [2.75, 3.05) is 13.4 Å². The minimum Gasteiger partial charge on any atom is -0.497 e. The van der Waals surface area contributed by atoms with Crippen LogP contribution in [0.2, 0.25) is 0 Å². The molecule has 1 amide bonds. The van der Waals surface area contributed by atoms with E-state index in [9.17, 15) is 4.79 Å². The molecule has 0 bridgehead atoms. The minimum atomic E-state index is -0.371. The minimum absolute atomic E-state index is 0.371. The third-order valence-corrected chi connectivity index (χ3v) is 4.42. The highest BCUT2D eigenvalue weighted by Crippen LogP contribution is 2.38. The van der Waals surface area contributed by atoms with Crippen molar-refractivity contribution in [1.29, 1.82) is 0 Å². The fourth-order valence-corrected chi connectivity index (χ4v) is 3.59. The number of nitrogens with two attached hydrogens (primary N) is 1. The molecule has 0 fully saturated rings. The molecule has 1 aromatic carbocycles. The van der Waals surface area contributed by atoms with Gasteiger partial charge < -0.3 is 10.5 Å². The first-order valence-corrected chi connectivity index (χ1v) is 6.66. The van der Waals surface area contributed by atoms with E-state index in [2.05, 4.69) is 0 Å². The molecule has 3 nitrogen and oxygen atoms in total. The molecule has 0 unspecified atom stereocenters. The van der Waals surface area contributed by atoms with Crippen LogP contribution >= 0.6 is 23.1 Å². The highest BCUT2D eigenvalue weighted by atomic mass is 32.2. The predicted octanol–water partition coefficient (Wildman–Crippen LogP) is 2.73. The number of benzene rings is 1. The largest absolute Gasteiger partial charge is 0.497 e. The van der Waals surface area contributed by atoms with Crippen LogP contribution in [0.5, 0.6) is 5.75 Å². The summed E-state index contributed by atoms with van der Waals surface area (Å²) in [5, 5.41) is 1.03. The zero-order chi connectivity index (χ0) is 11.7. The number of ether oxygens (including phenoxy) is 1. The second-order valence-corrected chi connectivity index (χ2v) is 5.06. The van der Waals surface area contributed by atoms with Crippen molar-refractivity contribution in [2.45, 2.75) is 4.90 Å². The summed E-state index contributed by atoms with van der Waals surface area (Å²) in [7, 11) is 1.63. The maximum Gasteiger partial charge on any atom is 0.259 e. The molecular weight excluding hydrogens is 242 g/mol. The summed E-state index contributed by atoms with van der Waals surface area (Å²) in [6.07, 6.45) is 1.94. The van der Waals surface area contributed by atoms with Gasteiger partial charge in [-0.15, -0.1) is 23.1 Å². The van der Waals surface area contributed by atoms with Crippen molar-refractivity contribution in [3.8, 4) is 5.75 Å². The lowest BCUT2D eigenvalue weighted by atomic mass is 10.2. The number of carbonyl (C=O) groups is 1. The van der Waals surface area contributed by atoms with Crippen molar-refractivity contribution >= 4 is 39.1 Å². The SMILES string of the molecule is COc1ccc2sc(C(N)=O)c(SC)c2c1. The molecule has 0 radical (unpaired) electrons. The Kier molecular flexibility index (Phi) is 3.07. The van der Waals surface area contributed by atoms with Gasteiger partial charge in [-0.25, -0.2) is 0 Å². The second-order valence-electron chi connectivity index (χ2n) is 3.19. The van der Waals surface area contributed by atoms with E-state index in [1.165, 1.54) is 23.1 Å². The van der Waals surface area contributed by atoms with Crippen LogP contribution in [-0.4, -0.2) is 19.3 Å². The smallest absolute Gasteiger partial charge is 0.259 e. The Hall–Kier alpha value is -1.20. The predicted molar refractivity (Wildman–Crippen MR) is 68.7 cm³/mol. The number of thiophene rings is 1. The van der Waals surface area contributed by atoms with Gasteiger partial charge in [0.2, 0.25) is 0 Å². The first-order valence-electron chi connectivity index (χ1n) is 4.61. The third kappa shape index (κ3) is 1.76. The Bertz CT molecular complexity index is 548. The van der Waals surface area contributed by atoms with Gasteiger partial charge >= 0.3 is 0 Å². The van der Waals surface area contributed by atoms with Gasteiger partial charge in [0.05, 0.1) is 7.11 Å². The Labute approximate surface area is 102 Å². The molecule has 0 atom stereocenters. The number of hydrogen-bond acceptors (Lipinski definition) is 4. The topological polar surface area (TPSA) is 52.3 Å². The van der Waals surface area contributed by atoms with E-state index in [0.29, 0.717) is 4.88 Å². The summed E-state index contributed by atoms with van der Waals surface area (Å²) < 4.78 is 6.23. The molecule has 0 spiro atoms. The maximum atomic E-state index is 11.3. The first-order chi connectivity index (χ1) is 7.67. The molecule has 0 aliphatic rings. The van der Waals surface area contributed by atoms with Gasteiger partial charge in [-0.3, -0.25) is 4.79 Å². The van der Waals surface area contributed by atoms with E-state index < -0.39 is 0 Å². The van der Waals surface area contributed by atoms with Crippen LogP contribution < -0.4 is 10.5 Å². The third-order valence-electron chi connectivity index (χ3n) is 2.28. The van der Waals surface area contributed by atoms with Gasteiger partial charge in [-0.05, 0) is 24.5 Å². The summed E-state index contributed by atoms with van der Waals surface area (Å²) >= 11 is 2.96. The van der Waals surface area contributed by atoms with Gasteiger partial charge in [0.1, 0.15) is 10.6 Å². The number of hydrogen-bond donors (Lipinski definition) is 1. The standard InChI is InChI=1S/C11H11NO2S2/c1-14-6-3-4-8-7(5-6)9(15-2)10(16-8)11(12)13/h3-5H,1-2H3,(H2,12,13). The highest BCUT2D eigenvalue weighted by Gasteiger charge is 2.15. The monoisotopic (exact) mass is 253 g/mol. The van der Waals surface area contributed by atoms with Crippen LogP contribution in [0.1, 0.15) is 9.67 Å². The Morgan fingerprint density at radius 3 is 2.81 bits per heavy atom. The van der Waals surface area contributed by atoms with E-state index in [1.807, 2.05) is 24.5 Å². The number of fused-ring (bicyclic) bond motifs is 1. The van der Waals surface area contributed by atoms with Crippen LogP contribution in [0, 0.1) is 0 Å². The normalized spacial score (nSPS) is 10.6. The van der Waals surface area contributed by atoms with Crippen molar-refractivity contribution < 1.29 is 9.53 Å². The summed E-state index contributed by atoms with van der Waals surface area (Å²) in [5.41, 5.74) is 5.35. The molecular formula is C11H11NO2S2. The van der Waals surface area contributed by atoms with Crippen LogP contribution in [0.25, 0.3) is 10.1 Å². The molecule has 2 aromatic rings. The zero-order valence-corrected chi connectivity index (χ0v) is 10.6.